The maximum Gasteiger partial charge on any atom is 0.339 e. The monoisotopic (exact) mass is 281 g/mol. The average Bonchev–Trinajstić information content (AvgIpc) is 3.24. The first kappa shape index (κ1) is 13.4. The summed E-state index contributed by atoms with van der Waals surface area (Å²) in [7, 11) is 0. The van der Waals surface area contributed by atoms with Crippen LogP contribution >= 0.6 is 0 Å². The Morgan fingerprint density at radius 3 is 2.90 bits per heavy atom. The van der Waals surface area contributed by atoms with Crippen LogP contribution in [0, 0.1) is 17.2 Å². The van der Waals surface area contributed by atoms with Gasteiger partial charge in [0.25, 0.3) is 0 Å². The molecule has 1 fully saturated rings. The molecule has 1 aliphatic rings. The number of carbonyl (C=O) groups is 1. The summed E-state index contributed by atoms with van der Waals surface area (Å²) in [4.78, 5) is 11.5. The Morgan fingerprint density at radius 2 is 2.29 bits per heavy atom. The SMILES string of the molecule is CC(C1CC1)n1cc(C(=O)O)c(-c2cccc(C#N)c2)n1. The van der Waals surface area contributed by atoms with Crippen LogP contribution in [0.4, 0.5) is 0 Å². The van der Waals surface area contributed by atoms with Crippen molar-refractivity contribution in [3.05, 3.63) is 41.6 Å². The van der Waals surface area contributed by atoms with Crippen LogP contribution in [0.5, 0.6) is 0 Å². The summed E-state index contributed by atoms with van der Waals surface area (Å²) in [5.74, 6) is -0.411. The third kappa shape index (κ3) is 2.52. The van der Waals surface area contributed by atoms with E-state index in [1.807, 2.05) is 0 Å². The summed E-state index contributed by atoms with van der Waals surface area (Å²) >= 11 is 0. The first-order chi connectivity index (χ1) is 10.1. The third-order valence-corrected chi connectivity index (χ3v) is 3.95. The number of aromatic carboxylic acids is 1. The van der Waals surface area contributed by atoms with Gasteiger partial charge in [0.2, 0.25) is 0 Å². The van der Waals surface area contributed by atoms with E-state index in [0.717, 1.165) is 0 Å². The minimum Gasteiger partial charge on any atom is -0.478 e. The van der Waals surface area contributed by atoms with Gasteiger partial charge in [0.05, 0.1) is 17.7 Å². The number of hydrogen-bond acceptors (Lipinski definition) is 3. The van der Waals surface area contributed by atoms with Gasteiger partial charge in [-0.2, -0.15) is 10.4 Å². The average molecular weight is 281 g/mol. The van der Waals surface area contributed by atoms with Crippen molar-refractivity contribution in [1.82, 2.24) is 9.78 Å². The molecule has 1 N–H and O–H groups in total. The lowest BCUT2D eigenvalue weighted by Crippen LogP contribution is -2.07. The van der Waals surface area contributed by atoms with Crippen molar-refractivity contribution < 1.29 is 9.90 Å². The molecule has 1 aliphatic carbocycles. The highest BCUT2D eigenvalue weighted by Gasteiger charge is 2.31. The molecule has 1 heterocycles. The van der Waals surface area contributed by atoms with Gasteiger partial charge in [-0.25, -0.2) is 4.79 Å². The van der Waals surface area contributed by atoms with Crippen LogP contribution in [0.2, 0.25) is 0 Å². The maximum atomic E-state index is 11.5. The van der Waals surface area contributed by atoms with Gasteiger partial charge in [-0.05, 0) is 37.8 Å². The molecule has 1 saturated carbocycles. The normalized spacial score (nSPS) is 15.4. The van der Waals surface area contributed by atoms with Gasteiger partial charge in [0.15, 0.2) is 0 Å². The number of hydrogen-bond donors (Lipinski definition) is 1. The van der Waals surface area contributed by atoms with Gasteiger partial charge < -0.3 is 5.11 Å². The highest BCUT2D eigenvalue weighted by atomic mass is 16.4. The number of rotatable bonds is 4. The van der Waals surface area contributed by atoms with Crippen molar-refractivity contribution in [2.75, 3.05) is 0 Å². The van der Waals surface area contributed by atoms with Crippen LogP contribution < -0.4 is 0 Å². The minimum absolute atomic E-state index is 0.178. The van der Waals surface area contributed by atoms with Crippen molar-refractivity contribution in [3.63, 3.8) is 0 Å². The zero-order valence-corrected chi connectivity index (χ0v) is 11.7. The molecule has 21 heavy (non-hydrogen) atoms. The van der Waals surface area contributed by atoms with Crippen LogP contribution in [0.1, 0.15) is 41.7 Å². The second kappa shape index (κ2) is 5.06. The van der Waals surface area contributed by atoms with Crippen molar-refractivity contribution in [1.29, 1.82) is 5.26 Å². The van der Waals surface area contributed by atoms with E-state index in [0.29, 0.717) is 22.7 Å². The molecule has 0 amide bonds. The number of carboxylic acids is 1. The number of nitrogens with zero attached hydrogens (tertiary/aromatic N) is 3. The highest BCUT2D eigenvalue weighted by Crippen LogP contribution is 2.39. The zero-order chi connectivity index (χ0) is 15.0. The van der Waals surface area contributed by atoms with Crippen LogP contribution in [0.3, 0.4) is 0 Å². The molecule has 0 radical (unpaired) electrons. The molecule has 5 heteroatoms. The first-order valence-electron chi connectivity index (χ1n) is 6.93. The Balaban J connectivity index is 2.07. The van der Waals surface area contributed by atoms with Gasteiger partial charge in [-0.3, -0.25) is 4.68 Å². The first-order valence-corrected chi connectivity index (χ1v) is 6.93. The Morgan fingerprint density at radius 1 is 1.52 bits per heavy atom. The van der Waals surface area contributed by atoms with Gasteiger partial charge in [0.1, 0.15) is 11.3 Å². The van der Waals surface area contributed by atoms with Gasteiger partial charge in [-0.15, -0.1) is 0 Å². The Bertz CT molecular complexity index is 738. The van der Waals surface area contributed by atoms with Crippen molar-refractivity contribution >= 4 is 5.97 Å². The van der Waals surface area contributed by atoms with Crippen molar-refractivity contribution in [2.45, 2.75) is 25.8 Å². The lowest BCUT2D eigenvalue weighted by atomic mass is 10.1. The molecule has 0 saturated heterocycles. The predicted molar refractivity (Wildman–Crippen MR) is 76.8 cm³/mol. The fraction of sp³-hybridized carbons (Fsp3) is 0.312. The quantitative estimate of drug-likeness (QED) is 0.934. The summed E-state index contributed by atoms with van der Waals surface area (Å²) in [5, 5.41) is 22.8. The molecule has 1 aromatic heterocycles. The largest absolute Gasteiger partial charge is 0.478 e. The molecule has 1 unspecified atom stereocenters. The van der Waals surface area contributed by atoms with Gasteiger partial charge in [-0.1, -0.05) is 12.1 Å². The highest BCUT2D eigenvalue weighted by molar-refractivity contribution is 5.94. The molecular weight excluding hydrogens is 266 g/mol. The Labute approximate surface area is 122 Å². The molecule has 106 valence electrons. The Kier molecular flexibility index (Phi) is 3.22. The standard InChI is InChI=1S/C16H15N3O2/c1-10(12-5-6-12)19-9-14(16(20)21)15(18-19)13-4-2-3-11(7-13)8-17/h2-4,7,9-10,12H,5-6H2,1H3,(H,20,21). The minimum atomic E-state index is -0.999. The fourth-order valence-corrected chi connectivity index (χ4v) is 2.50. The molecule has 3 rings (SSSR count). The topological polar surface area (TPSA) is 78.9 Å². The molecule has 2 aromatic rings. The predicted octanol–water partition coefficient (Wildman–Crippen LogP) is 3.09. The summed E-state index contributed by atoms with van der Waals surface area (Å²) < 4.78 is 1.75. The Hall–Kier alpha value is -2.61. The van der Waals surface area contributed by atoms with E-state index in [2.05, 4.69) is 18.1 Å². The van der Waals surface area contributed by atoms with E-state index in [9.17, 15) is 9.90 Å². The summed E-state index contributed by atoms with van der Waals surface area (Å²) in [5.41, 5.74) is 1.76. The van der Waals surface area contributed by atoms with E-state index in [1.54, 1.807) is 35.1 Å². The lowest BCUT2D eigenvalue weighted by molar-refractivity contribution is 0.0697. The third-order valence-electron chi connectivity index (χ3n) is 3.95. The molecule has 0 aliphatic heterocycles. The van der Waals surface area contributed by atoms with Crippen molar-refractivity contribution in [2.24, 2.45) is 5.92 Å². The molecular formula is C16H15N3O2. The summed E-state index contributed by atoms with van der Waals surface area (Å²) in [6.45, 7) is 2.06. The number of nitriles is 1. The van der Waals surface area contributed by atoms with Crippen LogP contribution in [-0.4, -0.2) is 20.9 Å². The molecule has 0 bridgehead atoms. The van der Waals surface area contributed by atoms with E-state index in [1.165, 1.54) is 12.8 Å². The maximum absolute atomic E-state index is 11.5. The summed E-state index contributed by atoms with van der Waals surface area (Å²) in [6, 6.07) is 9.14. The smallest absolute Gasteiger partial charge is 0.339 e. The fourth-order valence-electron chi connectivity index (χ4n) is 2.50. The van der Waals surface area contributed by atoms with Gasteiger partial charge >= 0.3 is 5.97 Å². The van der Waals surface area contributed by atoms with Crippen LogP contribution in [-0.2, 0) is 0 Å². The zero-order valence-electron chi connectivity index (χ0n) is 11.7. The second-order valence-corrected chi connectivity index (χ2v) is 5.45. The van der Waals surface area contributed by atoms with Gasteiger partial charge in [0, 0.05) is 11.8 Å². The van der Waals surface area contributed by atoms with Crippen molar-refractivity contribution in [3.8, 4) is 17.3 Å². The van der Waals surface area contributed by atoms with E-state index in [-0.39, 0.29) is 11.6 Å². The summed E-state index contributed by atoms with van der Waals surface area (Å²) in [6.07, 6.45) is 3.94. The molecule has 1 aromatic carbocycles. The second-order valence-electron chi connectivity index (χ2n) is 5.45. The number of carboxylic acid groups (broad SMARTS) is 1. The molecule has 0 spiro atoms. The molecule has 1 atom stereocenters. The van der Waals surface area contributed by atoms with E-state index >= 15 is 0 Å². The van der Waals surface area contributed by atoms with Crippen LogP contribution in [0.25, 0.3) is 11.3 Å². The number of benzene rings is 1. The van der Waals surface area contributed by atoms with Crippen LogP contribution in [0.15, 0.2) is 30.5 Å². The molecule has 5 nitrogen and oxygen atoms in total. The number of aromatic nitrogens is 2. The van der Waals surface area contributed by atoms with E-state index < -0.39 is 5.97 Å². The lowest BCUT2D eigenvalue weighted by Gasteiger charge is -2.09. The van der Waals surface area contributed by atoms with E-state index in [4.69, 9.17) is 5.26 Å².